The summed E-state index contributed by atoms with van der Waals surface area (Å²) in [7, 11) is 0. The van der Waals surface area contributed by atoms with Gasteiger partial charge in [-0.3, -0.25) is 4.79 Å². The first-order valence-electron chi connectivity index (χ1n) is 10.7. The highest BCUT2D eigenvalue weighted by atomic mass is 16.5. The average Bonchev–Trinajstić information content (AvgIpc) is 3.30. The molecule has 0 N–H and O–H groups in total. The van der Waals surface area contributed by atoms with E-state index in [0.717, 1.165) is 36.4 Å². The van der Waals surface area contributed by atoms with Crippen LogP contribution in [0.2, 0.25) is 0 Å². The quantitative estimate of drug-likeness (QED) is 0.749. The lowest BCUT2D eigenvalue weighted by molar-refractivity contribution is -0.141. The van der Waals surface area contributed by atoms with E-state index in [0.29, 0.717) is 26.4 Å². The normalized spacial score (nSPS) is 21.4. The average molecular weight is 414 g/mol. The molecule has 0 radical (unpaired) electrons. The SMILES string of the molecule is CCOc1ccc(CN2C(=O)C3(CCOCC3)CC2c2nnnn2C(C)(C)C)cc1. The molecule has 1 aromatic carbocycles. The van der Waals surface area contributed by atoms with Crippen LogP contribution in [0.3, 0.4) is 0 Å². The molecule has 2 fully saturated rings. The summed E-state index contributed by atoms with van der Waals surface area (Å²) in [6.07, 6.45) is 2.22. The Morgan fingerprint density at radius 3 is 2.53 bits per heavy atom. The van der Waals surface area contributed by atoms with Crippen LogP contribution in [-0.2, 0) is 21.6 Å². The van der Waals surface area contributed by atoms with Crippen LogP contribution in [-0.4, -0.2) is 50.8 Å². The monoisotopic (exact) mass is 413 g/mol. The van der Waals surface area contributed by atoms with Gasteiger partial charge in [0.1, 0.15) is 5.75 Å². The van der Waals surface area contributed by atoms with Crippen LogP contribution in [0.5, 0.6) is 5.75 Å². The minimum absolute atomic E-state index is 0.156. The number of amides is 1. The molecule has 8 heteroatoms. The van der Waals surface area contributed by atoms with Gasteiger partial charge in [0.05, 0.1) is 23.6 Å². The van der Waals surface area contributed by atoms with Crippen LogP contribution in [0.15, 0.2) is 24.3 Å². The molecule has 0 aliphatic carbocycles. The highest BCUT2D eigenvalue weighted by molar-refractivity contribution is 5.85. The van der Waals surface area contributed by atoms with Crippen molar-refractivity contribution in [2.75, 3.05) is 19.8 Å². The number of carbonyl (C=O) groups excluding carboxylic acids is 1. The minimum atomic E-state index is -0.386. The number of aromatic nitrogens is 4. The zero-order valence-electron chi connectivity index (χ0n) is 18.3. The van der Waals surface area contributed by atoms with Crippen molar-refractivity contribution in [3.05, 3.63) is 35.7 Å². The molecule has 1 aromatic heterocycles. The van der Waals surface area contributed by atoms with Crippen LogP contribution in [0.1, 0.15) is 64.4 Å². The Kier molecular flexibility index (Phi) is 5.53. The Morgan fingerprint density at radius 2 is 1.90 bits per heavy atom. The summed E-state index contributed by atoms with van der Waals surface area (Å²) in [5.74, 6) is 1.78. The molecule has 0 saturated carbocycles. The Morgan fingerprint density at radius 1 is 1.20 bits per heavy atom. The van der Waals surface area contributed by atoms with E-state index >= 15 is 0 Å². The number of ether oxygens (including phenoxy) is 2. The molecule has 3 heterocycles. The summed E-state index contributed by atoms with van der Waals surface area (Å²) >= 11 is 0. The largest absolute Gasteiger partial charge is 0.494 e. The first-order chi connectivity index (χ1) is 14.3. The lowest BCUT2D eigenvalue weighted by atomic mass is 9.77. The van der Waals surface area contributed by atoms with Crippen molar-refractivity contribution in [3.63, 3.8) is 0 Å². The Labute approximate surface area is 177 Å². The maximum atomic E-state index is 13.7. The van der Waals surface area contributed by atoms with Crippen molar-refractivity contribution >= 4 is 5.91 Å². The molecule has 1 unspecified atom stereocenters. The summed E-state index contributed by atoms with van der Waals surface area (Å²) in [6.45, 7) is 10.6. The molecule has 2 saturated heterocycles. The summed E-state index contributed by atoms with van der Waals surface area (Å²) < 4.78 is 13.0. The van der Waals surface area contributed by atoms with Crippen molar-refractivity contribution < 1.29 is 14.3 Å². The molecule has 8 nitrogen and oxygen atoms in total. The fraction of sp³-hybridized carbons (Fsp3) is 0.636. The first kappa shape index (κ1) is 20.8. The second kappa shape index (κ2) is 7.98. The minimum Gasteiger partial charge on any atom is -0.494 e. The number of hydrogen-bond donors (Lipinski definition) is 0. The van der Waals surface area contributed by atoms with Crippen molar-refractivity contribution in [1.82, 2.24) is 25.1 Å². The maximum Gasteiger partial charge on any atom is 0.229 e. The number of rotatable bonds is 5. The van der Waals surface area contributed by atoms with E-state index in [1.807, 2.05) is 40.8 Å². The molecule has 2 aromatic rings. The third-order valence-corrected chi connectivity index (χ3v) is 6.14. The fourth-order valence-electron chi connectivity index (χ4n) is 4.54. The molecule has 1 amide bonds. The lowest BCUT2D eigenvalue weighted by Gasteiger charge is -2.31. The van der Waals surface area contributed by atoms with Crippen LogP contribution < -0.4 is 4.74 Å². The Hall–Kier alpha value is -2.48. The van der Waals surface area contributed by atoms with Gasteiger partial charge >= 0.3 is 0 Å². The number of carbonyl (C=O) groups is 1. The van der Waals surface area contributed by atoms with Gasteiger partial charge in [-0.15, -0.1) is 5.10 Å². The summed E-state index contributed by atoms with van der Waals surface area (Å²) in [6, 6.07) is 7.81. The maximum absolute atomic E-state index is 13.7. The summed E-state index contributed by atoms with van der Waals surface area (Å²) in [5.41, 5.74) is 0.414. The van der Waals surface area contributed by atoms with Gasteiger partial charge < -0.3 is 14.4 Å². The van der Waals surface area contributed by atoms with Gasteiger partial charge in [0.2, 0.25) is 5.91 Å². The highest BCUT2D eigenvalue weighted by Crippen LogP contribution is 2.50. The van der Waals surface area contributed by atoms with Gasteiger partial charge in [-0.25, -0.2) is 4.68 Å². The molecule has 30 heavy (non-hydrogen) atoms. The summed E-state index contributed by atoms with van der Waals surface area (Å²) in [4.78, 5) is 15.7. The molecule has 162 valence electrons. The van der Waals surface area contributed by atoms with E-state index in [2.05, 4.69) is 36.3 Å². The number of tetrazole rings is 1. The predicted molar refractivity (Wildman–Crippen MR) is 111 cm³/mol. The van der Waals surface area contributed by atoms with E-state index in [4.69, 9.17) is 9.47 Å². The zero-order chi connectivity index (χ0) is 21.4. The van der Waals surface area contributed by atoms with Gasteiger partial charge in [0, 0.05) is 19.8 Å². The van der Waals surface area contributed by atoms with Gasteiger partial charge in [0.25, 0.3) is 0 Å². The standard InChI is InChI=1S/C22H31N5O3/c1-5-30-17-8-6-16(7-9-17)15-26-18(19-23-24-25-27(19)21(2,3)4)14-22(20(26)28)10-12-29-13-11-22/h6-9,18H,5,10-15H2,1-4H3. The van der Waals surface area contributed by atoms with Crippen LogP contribution in [0, 0.1) is 5.41 Å². The highest BCUT2D eigenvalue weighted by Gasteiger charge is 2.54. The molecule has 4 rings (SSSR count). The molecule has 1 atom stereocenters. The van der Waals surface area contributed by atoms with Gasteiger partial charge in [-0.05, 0) is 75.1 Å². The predicted octanol–water partition coefficient (Wildman–Crippen LogP) is 3.10. The van der Waals surface area contributed by atoms with E-state index in [1.165, 1.54) is 0 Å². The van der Waals surface area contributed by atoms with Crippen molar-refractivity contribution in [3.8, 4) is 5.75 Å². The van der Waals surface area contributed by atoms with E-state index in [9.17, 15) is 4.79 Å². The first-order valence-corrected chi connectivity index (χ1v) is 10.7. The third-order valence-electron chi connectivity index (χ3n) is 6.14. The fourth-order valence-corrected chi connectivity index (χ4v) is 4.54. The van der Waals surface area contributed by atoms with E-state index < -0.39 is 0 Å². The molecular weight excluding hydrogens is 382 g/mol. The molecule has 0 bridgehead atoms. The zero-order valence-corrected chi connectivity index (χ0v) is 18.3. The number of likely N-dealkylation sites (tertiary alicyclic amines) is 1. The number of benzene rings is 1. The van der Waals surface area contributed by atoms with Crippen LogP contribution >= 0.6 is 0 Å². The topological polar surface area (TPSA) is 82.4 Å². The number of nitrogens with zero attached hydrogens (tertiary/aromatic N) is 5. The van der Waals surface area contributed by atoms with E-state index in [1.54, 1.807) is 0 Å². The third kappa shape index (κ3) is 3.80. The van der Waals surface area contributed by atoms with E-state index in [-0.39, 0.29) is 22.9 Å². The lowest BCUT2D eigenvalue weighted by Crippen LogP contribution is -2.39. The molecule has 2 aliphatic heterocycles. The second-order valence-corrected chi connectivity index (χ2v) is 9.24. The Bertz CT molecular complexity index is 881. The van der Waals surface area contributed by atoms with Crippen molar-refractivity contribution in [2.45, 2.75) is 65.1 Å². The summed E-state index contributed by atoms with van der Waals surface area (Å²) in [5, 5.41) is 12.6. The van der Waals surface area contributed by atoms with Crippen LogP contribution in [0.25, 0.3) is 0 Å². The molecular formula is C22H31N5O3. The van der Waals surface area contributed by atoms with Gasteiger partial charge in [-0.2, -0.15) is 0 Å². The number of hydrogen-bond acceptors (Lipinski definition) is 6. The van der Waals surface area contributed by atoms with Gasteiger partial charge in [0.15, 0.2) is 5.82 Å². The Balaban J connectivity index is 1.67. The van der Waals surface area contributed by atoms with Crippen molar-refractivity contribution in [1.29, 1.82) is 0 Å². The second-order valence-electron chi connectivity index (χ2n) is 9.24. The molecule has 1 spiro atoms. The molecule has 2 aliphatic rings. The van der Waals surface area contributed by atoms with Crippen molar-refractivity contribution in [2.24, 2.45) is 5.41 Å². The van der Waals surface area contributed by atoms with Gasteiger partial charge in [-0.1, -0.05) is 12.1 Å². The van der Waals surface area contributed by atoms with Crippen LogP contribution in [0.4, 0.5) is 0 Å². The smallest absolute Gasteiger partial charge is 0.229 e.